The van der Waals surface area contributed by atoms with Crippen LogP contribution in [-0.2, 0) is 16.2 Å². The van der Waals surface area contributed by atoms with Crippen molar-refractivity contribution in [2.45, 2.75) is 104 Å². The van der Waals surface area contributed by atoms with E-state index in [9.17, 15) is 0 Å². The van der Waals surface area contributed by atoms with Gasteiger partial charge in [-0.3, -0.25) is 0 Å². The number of nitrogens with zero attached hydrogens (tertiary/aromatic N) is 2. The molecule has 0 amide bonds. The highest BCUT2D eigenvalue weighted by Gasteiger charge is 2.61. The van der Waals surface area contributed by atoms with E-state index in [2.05, 4.69) is 235 Å². The molecule has 5 aliphatic carbocycles. The second-order valence-corrected chi connectivity index (χ2v) is 25.5. The summed E-state index contributed by atoms with van der Waals surface area (Å²) in [5.41, 5.74) is 21.1. The molecule has 2 heterocycles. The van der Waals surface area contributed by atoms with Gasteiger partial charge in [0.05, 0.1) is 11.4 Å². The van der Waals surface area contributed by atoms with Crippen molar-refractivity contribution in [3.63, 3.8) is 0 Å². The number of anilines is 6. The molecule has 4 bridgehead atoms. The first kappa shape index (κ1) is 45.8. The van der Waals surface area contributed by atoms with E-state index in [4.69, 9.17) is 8.83 Å². The van der Waals surface area contributed by atoms with E-state index in [-0.39, 0.29) is 16.2 Å². The SMILES string of the molecule is Cc1ccccc1N(c1ccc2c(c1)C1(c3cc4cc(N(c5ccccc5C)c5cccc6c5oc5c(C(C)(C)C)cccc56)ccc4cc3-2)C2CC3CC(C2)CC1C3)c1cccc2c1oc1c(C(C)(C)C)cccc12. The number of furan rings is 2. The quantitative estimate of drug-likeness (QED) is 0.166. The van der Waals surface area contributed by atoms with E-state index in [0.29, 0.717) is 11.8 Å². The molecule has 1 spiro atoms. The fraction of sp³-hybridized carbons (Fsp3) is 0.278. The molecule has 5 aliphatic rings. The molecular weight excluding hydrogens is 925 g/mol. The Hall–Kier alpha value is -7.56. The molecule has 376 valence electrons. The highest BCUT2D eigenvalue weighted by atomic mass is 16.3. The van der Waals surface area contributed by atoms with Crippen LogP contribution in [0.1, 0.15) is 107 Å². The van der Waals surface area contributed by atoms with Crippen LogP contribution in [0.3, 0.4) is 0 Å². The van der Waals surface area contributed by atoms with E-state index < -0.39 is 0 Å². The lowest BCUT2D eigenvalue weighted by Gasteiger charge is -2.61. The second-order valence-electron chi connectivity index (χ2n) is 25.5. The van der Waals surface area contributed by atoms with Crippen molar-refractivity contribution < 1.29 is 8.83 Å². The Morgan fingerprint density at radius 3 is 1.36 bits per heavy atom. The third kappa shape index (κ3) is 6.55. The smallest absolute Gasteiger partial charge is 0.159 e. The third-order valence-electron chi connectivity index (χ3n) is 18.9. The molecule has 9 aromatic carbocycles. The Labute approximate surface area is 447 Å². The zero-order valence-electron chi connectivity index (χ0n) is 45.2. The fourth-order valence-electron chi connectivity index (χ4n) is 15.8. The predicted molar refractivity (Wildman–Crippen MR) is 318 cm³/mol. The van der Waals surface area contributed by atoms with Gasteiger partial charge in [0.15, 0.2) is 11.2 Å². The summed E-state index contributed by atoms with van der Waals surface area (Å²) in [6.45, 7) is 18.2. The zero-order chi connectivity index (χ0) is 51.6. The molecule has 4 heteroatoms. The van der Waals surface area contributed by atoms with Crippen LogP contribution in [0.4, 0.5) is 34.1 Å². The third-order valence-corrected chi connectivity index (χ3v) is 18.9. The van der Waals surface area contributed by atoms with E-state index in [0.717, 1.165) is 73.1 Å². The molecule has 0 atom stereocenters. The van der Waals surface area contributed by atoms with Crippen LogP contribution in [0, 0.1) is 37.5 Å². The van der Waals surface area contributed by atoms with E-state index in [1.54, 1.807) is 5.56 Å². The van der Waals surface area contributed by atoms with Gasteiger partial charge in [-0.25, -0.2) is 0 Å². The molecule has 0 unspecified atom stereocenters. The van der Waals surface area contributed by atoms with E-state index in [1.165, 1.54) is 98.6 Å². The summed E-state index contributed by atoms with van der Waals surface area (Å²) in [6.07, 6.45) is 6.65. The van der Waals surface area contributed by atoms with Gasteiger partial charge in [0.2, 0.25) is 0 Å². The number of aryl methyl sites for hydroxylation is 2. The molecule has 0 saturated heterocycles. The first-order valence-electron chi connectivity index (χ1n) is 28.1. The molecule has 0 radical (unpaired) electrons. The lowest BCUT2D eigenvalue weighted by molar-refractivity contribution is -0.0398. The maximum Gasteiger partial charge on any atom is 0.159 e. The number of rotatable bonds is 6. The molecule has 4 saturated carbocycles. The Morgan fingerprint density at radius 1 is 0.395 bits per heavy atom. The van der Waals surface area contributed by atoms with Gasteiger partial charge in [0, 0.05) is 60.8 Å². The van der Waals surface area contributed by atoms with Crippen LogP contribution < -0.4 is 9.80 Å². The number of fused-ring (bicyclic) bond motifs is 10. The van der Waals surface area contributed by atoms with E-state index >= 15 is 0 Å². The van der Waals surface area contributed by atoms with Gasteiger partial charge in [-0.05, 0) is 185 Å². The summed E-state index contributed by atoms with van der Waals surface area (Å²) in [5, 5.41) is 7.18. The Bertz CT molecular complexity index is 4180. The van der Waals surface area contributed by atoms with Gasteiger partial charge < -0.3 is 18.6 Å². The van der Waals surface area contributed by atoms with Crippen molar-refractivity contribution in [1.82, 2.24) is 0 Å². The fourth-order valence-corrected chi connectivity index (χ4v) is 15.8. The lowest BCUT2D eigenvalue weighted by atomic mass is 9.43. The first-order chi connectivity index (χ1) is 36.7. The van der Waals surface area contributed by atoms with Crippen molar-refractivity contribution in [1.29, 1.82) is 0 Å². The van der Waals surface area contributed by atoms with Crippen LogP contribution in [0.25, 0.3) is 65.8 Å². The van der Waals surface area contributed by atoms with Crippen molar-refractivity contribution in [3.05, 3.63) is 203 Å². The largest absolute Gasteiger partial charge is 0.454 e. The van der Waals surface area contributed by atoms with Gasteiger partial charge in [-0.1, -0.05) is 151 Å². The van der Waals surface area contributed by atoms with E-state index in [1.807, 2.05) is 0 Å². The van der Waals surface area contributed by atoms with Crippen molar-refractivity contribution in [2.75, 3.05) is 9.80 Å². The molecule has 11 aromatic rings. The molecule has 4 nitrogen and oxygen atoms in total. The summed E-state index contributed by atoms with van der Waals surface area (Å²) in [6, 6.07) is 64.4. The highest BCUT2D eigenvalue weighted by Crippen LogP contribution is 2.70. The van der Waals surface area contributed by atoms with Crippen LogP contribution >= 0.6 is 0 Å². The predicted octanol–water partition coefficient (Wildman–Crippen LogP) is 20.5. The van der Waals surface area contributed by atoms with Crippen molar-refractivity contribution >= 4 is 88.8 Å². The van der Waals surface area contributed by atoms with Crippen LogP contribution in [0.2, 0.25) is 0 Å². The minimum absolute atomic E-state index is 0.0705. The Morgan fingerprint density at radius 2 is 0.842 bits per heavy atom. The average molecular weight is 991 g/mol. The number of hydrogen-bond acceptors (Lipinski definition) is 4. The monoisotopic (exact) mass is 991 g/mol. The van der Waals surface area contributed by atoms with Gasteiger partial charge in [0.25, 0.3) is 0 Å². The van der Waals surface area contributed by atoms with Gasteiger partial charge in [0.1, 0.15) is 11.2 Å². The molecule has 76 heavy (non-hydrogen) atoms. The molecule has 16 rings (SSSR count). The van der Waals surface area contributed by atoms with Crippen molar-refractivity contribution in [3.8, 4) is 11.1 Å². The first-order valence-corrected chi connectivity index (χ1v) is 28.1. The summed E-state index contributed by atoms with van der Waals surface area (Å²) in [4.78, 5) is 4.97. The number of para-hydroxylation sites is 6. The van der Waals surface area contributed by atoms with Gasteiger partial charge >= 0.3 is 0 Å². The normalized spacial score (nSPS) is 20.7. The Kier molecular flexibility index (Phi) is 9.78. The summed E-state index contributed by atoms with van der Waals surface area (Å²) >= 11 is 0. The highest BCUT2D eigenvalue weighted by molar-refractivity contribution is 6.13. The molecule has 0 aliphatic heterocycles. The minimum atomic E-state index is -0.0803. The van der Waals surface area contributed by atoms with Crippen molar-refractivity contribution in [2.24, 2.45) is 23.7 Å². The Balaban J connectivity index is 0.931. The zero-order valence-corrected chi connectivity index (χ0v) is 45.2. The number of hydrogen-bond donors (Lipinski definition) is 0. The van der Waals surface area contributed by atoms with Crippen LogP contribution in [-0.4, -0.2) is 0 Å². The lowest BCUT2D eigenvalue weighted by Crippen LogP contribution is -2.55. The summed E-state index contributed by atoms with van der Waals surface area (Å²) in [7, 11) is 0. The maximum atomic E-state index is 7.17. The van der Waals surface area contributed by atoms with Gasteiger partial charge in [-0.2, -0.15) is 0 Å². The van der Waals surface area contributed by atoms with Gasteiger partial charge in [-0.15, -0.1) is 0 Å². The molecule has 0 N–H and O–H groups in total. The van der Waals surface area contributed by atoms with Crippen LogP contribution in [0.5, 0.6) is 0 Å². The van der Waals surface area contributed by atoms with Crippen LogP contribution in [0.15, 0.2) is 179 Å². The minimum Gasteiger partial charge on any atom is -0.454 e. The topological polar surface area (TPSA) is 32.8 Å². The average Bonchev–Trinajstić information content (AvgIpc) is 4.25. The summed E-state index contributed by atoms with van der Waals surface area (Å²) in [5.74, 6) is 2.83. The second kappa shape index (κ2) is 16.2. The molecule has 2 aromatic heterocycles. The summed E-state index contributed by atoms with van der Waals surface area (Å²) < 4.78 is 14.3. The maximum absolute atomic E-state index is 7.17. The molecule has 4 fully saturated rings. The standard InChI is InChI=1S/C72H66N2O2/c1-42-17-9-11-25-62(42)73(64-27-15-21-55-53-19-13-23-58(70(3,4)5)66(53)75-68(55)64)50-30-29-46-39-57-52-32-31-51(41-61(52)72(60(57)40-47(46)38-50)48-34-44-33-45(36-48)37-49(72)35-44)74(63-26-12-10-18-43(63)2)65-28-16-22-56-54-20-14-24-59(71(6,7)8)67(54)76-69(56)65/h9-32,38-41,44-45,48-49H,33-37H2,1-8H3. The molecular formula is C72H66N2O2. The number of benzene rings is 9.